The molecule has 0 bridgehead atoms. The zero-order valence-electron chi connectivity index (χ0n) is 14.2. The first-order valence-electron chi connectivity index (χ1n) is 7.84. The monoisotopic (exact) mass is 370 g/mol. The maximum absolute atomic E-state index is 12.0. The first-order chi connectivity index (χ1) is 11.8. The first-order valence-corrected chi connectivity index (χ1v) is 9.69. The molecule has 2 rings (SSSR count). The number of hydrogen-bond donors (Lipinski definition) is 1. The van der Waals surface area contributed by atoms with Crippen molar-refractivity contribution in [3.8, 4) is 5.75 Å². The molecule has 0 radical (unpaired) electrons. The van der Waals surface area contributed by atoms with Crippen LogP contribution in [0.3, 0.4) is 0 Å². The molecule has 9 heteroatoms. The third-order valence-electron chi connectivity index (χ3n) is 3.90. The molecule has 1 fully saturated rings. The fourth-order valence-corrected chi connectivity index (χ4v) is 3.72. The second kappa shape index (κ2) is 8.30. The highest BCUT2D eigenvalue weighted by molar-refractivity contribution is 7.88. The fraction of sp³-hybridized carbons (Fsp3) is 0.500. The lowest BCUT2D eigenvalue weighted by atomic mass is 10.2. The number of ether oxygens (including phenoxy) is 2. The van der Waals surface area contributed by atoms with Crippen LogP contribution in [-0.2, 0) is 30.9 Å². The second-order valence-electron chi connectivity index (χ2n) is 5.76. The van der Waals surface area contributed by atoms with Gasteiger partial charge in [0, 0.05) is 13.1 Å². The number of amides is 1. The van der Waals surface area contributed by atoms with E-state index in [1.807, 2.05) is 12.1 Å². The van der Waals surface area contributed by atoms with E-state index in [1.54, 1.807) is 19.2 Å². The SMILES string of the molecule is COc1ccc(CNC(=O)COC(=O)C2CCCN2S(C)(=O)=O)cc1. The molecule has 1 atom stereocenters. The molecule has 1 aliphatic rings. The van der Waals surface area contributed by atoms with Crippen LogP contribution in [0.25, 0.3) is 0 Å². The summed E-state index contributed by atoms with van der Waals surface area (Å²) >= 11 is 0. The summed E-state index contributed by atoms with van der Waals surface area (Å²) in [6.45, 7) is 0.143. The Morgan fingerprint density at radius 1 is 1.28 bits per heavy atom. The number of nitrogens with zero attached hydrogens (tertiary/aromatic N) is 1. The molecule has 0 aliphatic carbocycles. The summed E-state index contributed by atoms with van der Waals surface area (Å²) in [5.41, 5.74) is 0.875. The predicted molar refractivity (Wildman–Crippen MR) is 90.4 cm³/mol. The van der Waals surface area contributed by atoms with Crippen LogP contribution < -0.4 is 10.1 Å². The van der Waals surface area contributed by atoms with Crippen molar-refractivity contribution >= 4 is 21.9 Å². The number of sulfonamides is 1. The maximum Gasteiger partial charge on any atom is 0.324 e. The zero-order chi connectivity index (χ0) is 18.4. The van der Waals surface area contributed by atoms with Crippen molar-refractivity contribution in [1.82, 2.24) is 9.62 Å². The van der Waals surface area contributed by atoms with Crippen LogP contribution in [-0.4, -0.2) is 57.2 Å². The molecule has 138 valence electrons. The van der Waals surface area contributed by atoms with Crippen molar-refractivity contribution in [2.24, 2.45) is 0 Å². The highest BCUT2D eigenvalue weighted by Crippen LogP contribution is 2.21. The molecule has 1 aliphatic heterocycles. The number of esters is 1. The van der Waals surface area contributed by atoms with Crippen LogP contribution in [0.1, 0.15) is 18.4 Å². The predicted octanol–water partition coefficient (Wildman–Crippen LogP) is 0.279. The van der Waals surface area contributed by atoms with E-state index in [9.17, 15) is 18.0 Å². The Morgan fingerprint density at radius 3 is 2.56 bits per heavy atom. The van der Waals surface area contributed by atoms with Gasteiger partial charge in [0.15, 0.2) is 6.61 Å². The van der Waals surface area contributed by atoms with E-state index in [2.05, 4.69) is 5.32 Å². The van der Waals surface area contributed by atoms with Gasteiger partial charge < -0.3 is 14.8 Å². The number of methoxy groups -OCH3 is 1. The minimum atomic E-state index is -3.47. The Balaban J connectivity index is 1.78. The van der Waals surface area contributed by atoms with Crippen molar-refractivity contribution < 1.29 is 27.5 Å². The van der Waals surface area contributed by atoms with Crippen LogP contribution in [0.4, 0.5) is 0 Å². The minimum absolute atomic E-state index is 0.291. The molecule has 0 saturated carbocycles. The quantitative estimate of drug-likeness (QED) is 0.692. The molecule has 0 aromatic heterocycles. The summed E-state index contributed by atoms with van der Waals surface area (Å²) in [5, 5.41) is 2.63. The summed E-state index contributed by atoms with van der Waals surface area (Å²) in [6, 6.07) is 6.34. The van der Waals surface area contributed by atoms with E-state index in [-0.39, 0.29) is 0 Å². The van der Waals surface area contributed by atoms with E-state index in [0.29, 0.717) is 25.9 Å². The Bertz CT molecular complexity index is 717. The smallest absolute Gasteiger partial charge is 0.324 e. The van der Waals surface area contributed by atoms with Crippen LogP contribution in [0.2, 0.25) is 0 Å². The van der Waals surface area contributed by atoms with Crippen LogP contribution in [0, 0.1) is 0 Å². The van der Waals surface area contributed by atoms with Gasteiger partial charge >= 0.3 is 5.97 Å². The lowest BCUT2D eigenvalue weighted by molar-refractivity contribution is -0.151. The van der Waals surface area contributed by atoms with Gasteiger partial charge in [-0.15, -0.1) is 0 Å². The third kappa shape index (κ3) is 5.43. The van der Waals surface area contributed by atoms with Crippen LogP contribution in [0.15, 0.2) is 24.3 Å². The third-order valence-corrected chi connectivity index (χ3v) is 5.19. The molecule has 1 aromatic rings. The van der Waals surface area contributed by atoms with Gasteiger partial charge in [0.1, 0.15) is 11.8 Å². The van der Waals surface area contributed by atoms with Crippen molar-refractivity contribution in [1.29, 1.82) is 0 Å². The Labute approximate surface area is 147 Å². The Hall–Kier alpha value is -2.13. The summed E-state index contributed by atoms with van der Waals surface area (Å²) < 4.78 is 34.4. The van der Waals surface area contributed by atoms with Gasteiger partial charge in [0.05, 0.1) is 13.4 Å². The number of rotatable bonds is 7. The van der Waals surface area contributed by atoms with E-state index in [4.69, 9.17) is 9.47 Å². The summed E-state index contributed by atoms with van der Waals surface area (Å²) in [5.74, 6) is -0.424. The number of hydrogen-bond acceptors (Lipinski definition) is 6. The van der Waals surface area contributed by atoms with E-state index in [0.717, 1.165) is 21.9 Å². The fourth-order valence-electron chi connectivity index (χ4n) is 2.60. The molecule has 1 aromatic carbocycles. The lowest BCUT2D eigenvalue weighted by Crippen LogP contribution is -2.41. The van der Waals surface area contributed by atoms with Gasteiger partial charge in [-0.1, -0.05) is 12.1 Å². The van der Waals surface area contributed by atoms with Gasteiger partial charge in [-0.2, -0.15) is 4.31 Å². The van der Waals surface area contributed by atoms with E-state index in [1.165, 1.54) is 0 Å². The molecule has 8 nitrogen and oxygen atoms in total. The van der Waals surface area contributed by atoms with Crippen LogP contribution in [0.5, 0.6) is 5.75 Å². The number of carbonyl (C=O) groups excluding carboxylic acids is 2. The minimum Gasteiger partial charge on any atom is -0.497 e. The van der Waals surface area contributed by atoms with Crippen molar-refractivity contribution in [2.45, 2.75) is 25.4 Å². The molecular formula is C16H22N2O6S. The van der Waals surface area contributed by atoms with Crippen LogP contribution >= 0.6 is 0 Å². The van der Waals surface area contributed by atoms with Crippen molar-refractivity contribution in [2.75, 3.05) is 26.5 Å². The average Bonchev–Trinajstić information content (AvgIpc) is 3.08. The normalized spacial score (nSPS) is 17.9. The van der Waals surface area contributed by atoms with Gasteiger partial charge in [-0.25, -0.2) is 8.42 Å². The molecule has 0 spiro atoms. The number of benzene rings is 1. The zero-order valence-corrected chi connectivity index (χ0v) is 15.0. The largest absolute Gasteiger partial charge is 0.497 e. The Kier molecular flexibility index (Phi) is 6.38. The van der Waals surface area contributed by atoms with Crippen molar-refractivity contribution in [3.63, 3.8) is 0 Å². The topological polar surface area (TPSA) is 102 Å². The second-order valence-corrected chi connectivity index (χ2v) is 7.70. The highest BCUT2D eigenvalue weighted by Gasteiger charge is 2.37. The number of carbonyl (C=O) groups is 2. The highest BCUT2D eigenvalue weighted by atomic mass is 32.2. The maximum atomic E-state index is 12.0. The molecule has 1 unspecified atom stereocenters. The molecule has 1 amide bonds. The van der Waals surface area contributed by atoms with Gasteiger partial charge in [0.2, 0.25) is 10.0 Å². The summed E-state index contributed by atoms with van der Waals surface area (Å²) in [6.07, 6.45) is 2.05. The lowest BCUT2D eigenvalue weighted by Gasteiger charge is -2.20. The van der Waals surface area contributed by atoms with Crippen molar-refractivity contribution in [3.05, 3.63) is 29.8 Å². The standard InChI is InChI=1S/C16H22N2O6S/c1-23-13-7-5-12(6-8-13)10-17-15(19)11-24-16(20)14-4-3-9-18(14)25(2,21)22/h5-8,14H,3-4,9-11H2,1-2H3,(H,17,19). The summed E-state index contributed by atoms with van der Waals surface area (Å²) in [7, 11) is -1.90. The summed E-state index contributed by atoms with van der Waals surface area (Å²) in [4.78, 5) is 23.8. The molecular weight excluding hydrogens is 348 g/mol. The molecule has 1 heterocycles. The number of nitrogens with one attached hydrogen (secondary N) is 1. The van der Waals surface area contributed by atoms with Gasteiger partial charge in [0.25, 0.3) is 5.91 Å². The first kappa shape index (κ1) is 19.2. The van der Waals surface area contributed by atoms with Gasteiger partial charge in [-0.05, 0) is 30.5 Å². The molecule has 1 saturated heterocycles. The van der Waals surface area contributed by atoms with E-state index >= 15 is 0 Å². The molecule has 1 N–H and O–H groups in total. The van der Waals surface area contributed by atoms with Gasteiger partial charge in [-0.3, -0.25) is 9.59 Å². The van der Waals surface area contributed by atoms with E-state index < -0.39 is 34.5 Å². The molecule has 25 heavy (non-hydrogen) atoms. The average molecular weight is 370 g/mol. The Morgan fingerprint density at radius 2 is 1.96 bits per heavy atom.